The van der Waals surface area contributed by atoms with Crippen LogP contribution in [-0.4, -0.2) is 18.2 Å². The lowest BCUT2D eigenvalue weighted by Crippen LogP contribution is -2.43. The Labute approximate surface area is 107 Å². The second-order valence-corrected chi connectivity index (χ2v) is 5.10. The predicted molar refractivity (Wildman–Crippen MR) is 68.8 cm³/mol. The number of benzene rings is 1. The molecule has 0 saturated carbocycles. The molecule has 1 N–H and O–H groups in total. The van der Waals surface area contributed by atoms with E-state index in [1.54, 1.807) is 0 Å². The molecule has 0 spiro atoms. The van der Waals surface area contributed by atoms with E-state index in [4.69, 9.17) is 4.74 Å². The molecule has 0 aliphatic rings. The van der Waals surface area contributed by atoms with Gasteiger partial charge in [0.25, 0.3) is 0 Å². The molecule has 0 aromatic heterocycles. The van der Waals surface area contributed by atoms with E-state index >= 15 is 0 Å². The Bertz CT molecular complexity index is 393. The fourth-order valence-electron chi connectivity index (χ4n) is 1.38. The van der Waals surface area contributed by atoms with E-state index in [0.717, 1.165) is 12.5 Å². The van der Waals surface area contributed by atoms with Crippen LogP contribution in [-0.2, 0) is 0 Å². The normalized spacial score (nSPS) is 13.4. The van der Waals surface area contributed by atoms with Crippen molar-refractivity contribution in [2.24, 2.45) is 0 Å². The van der Waals surface area contributed by atoms with Gasteiger partial charge >= 0.3 is 0 Å². The second kappa shape index (κ2) is 6.14. The van der Waals surface area contributed by atoms with E-state index in [1.165, 1.54) is 12.1 Å². The van der Waals surface area contributed by atoms with Gasteiger partial charge in [-0.15, -0.1) is 0 Å². The number of ether oxygens (including phenoxy) is 1. The van der Waals surface area contributed by atoms with Crippen molar-refractivity contribution >= 4 is 0 Å². The van der Waals surface area contributed by atoms with Gasteiger partial charge in [-0.25, -0.2) is 4.39 Å². The van der Waals surface area contributed by atoms with Gasteiger partial charge in [0.1, 0.15) is 6.10 Å². The minimum atomic E-state index is -0.931. The highest BCUT2D eigenvalue weighted by Gasteiger charge is 2.17. The van der Waals surface area contributed by atoms with Gasteiger partial charge in [0.15, 0.2) is 11.6 Å². The van der Waals surface area contributed by atoms with Crippen molar-refractivity contribution < 1.29 is 13.5 Å². The molecule has 1 atom stereocenters. The lowest BCUT2D eigenvalue weighted by molar-refractivity contribution is 0.189. The topological polar surface area (TPSA) is 21.3 Å². The summed E-state index contributed by atoms with van der Waals surface area (Å²) in [6.45, 7) is 8.66. The molecule has 0 saturated heterocycles. The van der Waals surface area contributed by atoms with Crippen LogP contribution in [0.5, 0.6) is 5.75 Å². The first kappa shape index (κ1) is 14.9. The molecule has 1 aromatic carbocycles. The Hall–Kier alpha value is -1.16. The molecule has 0 radical (unpaired) electrons. The van der Waals surface area contributed by atoms with Gasteiger partial charge in [0, 0.05) is 12.1 Å². The molecule has 2 nitrogen and oxygen atoms in total. The number of nitrogens with one attached hydrogen (secondary N) is 1. The Kier molecular flexibility index (Phi) is 5.08. The zero-order valence-corrected chi connectivity index (χ0v) is 11.4. The smallest absolute Gasteiger partial charge is 0.200 e. The first-order chi connectivity index (χ1) is 8.35. The van der Waals surface area contributed by atoms with E-state index in [9.17, 15) is 8.78 Å². The molecule has 0 heterocycles. The maximum atomic E-state index is 13.4. The molecule has 1 aromatic rings. The minimum absolute atomic E-state index is 0.0120. The Morgan fingerprint density at radius 1 is 1.33 bits per heavy atom. The molecule has 0 amide bonds. The molecule has 18 heavy (non-hydrogen) atoms. The average molecular weight is 257 g/mol. The molecule has 4 heteroatoms. The third-order valence-electron chi connectivity index (χ3n) is 3.00. The molecule has 0 aliphatic carbocycles. The largest absolute Gasteiger partial charge is 0.486 e. The van der Waals surface area contributed by atoms with Crippen LogP contribution in [0.3, 0.4) is 0 Å². The SMILES string of the molecule is CCC(C)(C)NCC(C)Oc1cccc(F)c1F. The van der Waals surface area contributed by atoms with Crippen LogP contribution in [0.4, 0.5) is 8.78 Å². The van der Waals surface area contributed by atoms with Crippen LogP contribution < -0.4 is 10.1 Å². The summed E-state index contributed by atoms with van der Waals surface area (Å²) in [6, 6.07) is 3.94. The second-order valence-electron chi connectivity index (χ2n) is 5.10. The van der Waals surface area contributed by atoms with E-state index in [2.05, 4.69) is 26.1 Å². The lowest BCUT2D eigenvalue weighted by atomic mass is 10.0. The Balaban J connectivity index is 2.55. The molecular formula is C14H21F2NO. The third kappa shape index (κ3) is 4.26. The van der Waals surface area contributed by atoms with Crippen LogP contribution in [0.2, 0.25) is 0 Å². The molecular weight excluding hydrogens is 236 g/mol. The average Bonchev–Trinajstić information content (AvgIpc) is 2.33. The highest BCUT2D eigenvalue weighted by atomic mass is 19.2. The lowest BCUT2D eigenvalue weighted by Gasteiger charge is -2.27. The summed E-state index contributed by atoms with van der Waals surface area (Å²) < 4.78 is 31.8. The van der Waals surface area contributed by atoms with Gasteiger partial charge < -0.3 is 10.1 Å². The quantitative estimate of drug-likeness (QED) is 0.842. The molecule has 0 aliphatic heterocycles. The van der Waals surface area contributed by atoms with E-state index < -0.39 is 11.6 Å². The summed E-state index contributed by atoms with van der Waals surface area (Å²) in [5.74, 6) is -1.86. The van der Waals surface area contributed by atoms with Crippen molar-refractivity contribution in [1.82, 2.24) is 5.32 Å². The first-order valence-electron chi connectivity index (χ1n) is 6.21. The van der Waals surface area contributed by atoms with E-state index in [1.807, 2.05) is 6.92 Å². The summed E-state index contributed by atoms with van der Waals surface area (Å²) in [5, 5.41) is 3.32. The van der Waals surface area contributed by atoms with Gasteiger partial charge in [-0.1, -0.05) is 13.0 Å². The van der Waals surface area contributed by atoms with Crippen molar-refractivity contribution in [3.63, 3.8) is 0 Å². The zero-order chi connectivity index (χ0) is 13.8. The number of hydrogen-bond acceptors (Lipinski definition) is 2. The number of halogens is 2. The van der Waals surface area contributed by atoms with Crippen molar-refractivity contribution in [2.75, 3.05) is 6.54 Å². The fraction of sp³-hybridized carbons (Fsp3) is 0.571. The highest BCUT2D eigenvalue weighted by molar-refractivity contribution is 5.25. The van der Waals surface area contributed by atoms with Crippen LogP contribution in [0.25, 0.3) is 0 Å². The first-order valence-corrected chi connectivity index (χ1v) is 6.21. The molecule has 1 unspecified atom stereocenters. The Morgan fingerprint density at radius 3 is 2.61 bits per heavy atom. The van der Waals surface area contributed by atoms with E-state index in [-0.39, 0.29) is 17.4 Å². The van der Waals surface area contributed by atoms with Crippen LogP contribution in [0.15, 0.2) is 18.2 Å². The number of hydrogen-bond donors (Lipinski definition) is 1. The van der Waals surface area contributed by atoms with Crippen molar-refractivity contribution in [1.29, 1.82) is 0 Å². The van der Waals surface area contributed by atoms with E-state index in [0.29, 0.717) is 6.54 Å². The van der Waals surface area contributed by atoms with Gasteiger partial charge in [-0.2, -0.15) is 4.39 Å². The maximum absolute atomic E-state index is 13.4. The fourth-order valence-corrected chi connectivity index (χ4v) is 1.38. The van der Waals surface area contributed by atoms with Crippen LogP contribution in [0.1, 0.15) is 34.1 Å². The molecule has 1 rings (SSSR count). The van der Waals surface area contributed by atoms with Crippen molar-refractivity contribution in [3.8, 4) is 5.75 Å². The van der Waals surface area contributed by atoms with Crippen molar-refractivity contribution in [3.05, 3.63) is 29.8 Å². The number of rotatable bonds is 6. The van der Waals surface area contributed by atoms with Crippen molar-refractivity contribution in [2.45, 2.75) is 45.8 Å². The predicted octanol–water partition coefficient (Wildman–Crippen LogP) is 3.51. The van der Waals surface area contributed by atoms with Crippen LogP contribution >= 0.6 is 0 Å². The summed E-state index contributed by atoms with van der Waals surface area (Å²) in [7, 11) is 0. The maximum Gasteiger partial charge on any atom is 0.200 e. The summed E-state index contributed by atoms with van der Waals surface area (Å²) in [5.41, 5.74) is 0.0120. The third-order valence-corrected chi connectivity index (χ3v) is 3.00. The summed E-state index contributed by atoms with van der Waals surface area (Å²) in [6.07, 6.45) is 0.751. The molecule has 0 fully saturated rings. The van der Waals surface area contributed by atoms with Gasteiger partial charge in [-0.05, 0) is 39.3 Å². The molecule has 0 bridgehead atoms. The standard InChI is InChI=1S/C14H21F2NO/c1-5-14(3,4)17-9-10(2)18-12-8-6-7-11(15)13(12)16/h6-8,10,17H,5,9H2,1-4H3. The monoisotopic (exact) mass is 257 g/mol. The minimum Gasteiger partial charge on any atom is -0.486 e. The summed E-state index contributed by atoms with van der Waals surface area (Å²) in [4.78, 5) is 0. The highest BCUT2D eigenvalue weighted by Crippen LogP contribution is 2.20. The zero-order valence-electron chi connectivity index (χ0n) is 11.4. The van der Waals surface area contributed by atoms with Crippen LogP contribution in [0, 0.1) is 11.6 Å². The van der Waals surface area contributed by atoms with Gasteiger partial charge in [0.05, 0.1) is 0 Å². The van der Waals surface area contributed by atoms with Gasteiger partial charge in [0.2, 0.25) is 5.82 Å². The molecule has 102 valence electrons. The van der Waals surface area contributed by atoms with Gasteiger partial charge in [-0.3, -0.25) is 0 Å². The Morgan fingerprint density at radius 2 is 2.00 bits per heavy atom. The summed E-state index contributed by atoms with van der Waals surface area (Å²) >= 11 is 0.